The molecule has 0 aromatic carbocycles. The summed E-state index contributed by atoms with van der Waals surface area (Å²) in [5, 5.41) is 20.3. The van der Waals surface area contributed by atoms with E-state index in [-0.39, 0.29) is 23.7 Å². The average molecular weight is 264 g/mol. The van der Waals surface area contributed by atoms with Crippen molar-refractivity contribution < 1.29 is 9.45 Å². The van der Waals surface area contributed by atoms with Gasteiger partial charge in [-0.1, -0.05) is 5.16 Å². The molecule has 0 bridgehead atoms. The lowest BCUT2D eigenvalue weighted by Gasteiger charge is -2.08. The second kappa shape index (κ2) is 5.29. The molecule has 2 heterocycles. The van der Waals surface area contributed by atoms with Crippen LogP contribution >= 0.6 is 0 Å². The second-order valence-electron chi connectivity index (χ2n) is 3.68. The van der Waals surface area contributed by atoms with Crippen molar-refractivity contribution in [2.24, 2.45) is 0 Å². The van der Waals surface area contributed by atoms with E-state index in [1.54, 1.807) is 20.0 Å². The van der Waals surface area contributed by atoms with E-state index in [0.29, 0.717) is 11.6 Å². The summed E-state index contributed by atoms with van der Waals surface area (Å²) in [5.41, 5.74) is 0.756. The topological polar surface area (TPSA) is 119 Å². The van der Waals surface area contributed by atoms with Crippen LogP contribution in [-0.4, -0.2) is 27.1 Å². The molecule has 0 spiro atoms. The molecule has 19 heavy (non-hydrogen) atoms. The highest BCUT2D eigenvalue weighted by Crippen LogP contribution is 2.26. The van der Waals surface area contributed by atoms with Gasteiger partial charge < -0.3 is 15.2 Å². The first kappa shape index (κ1) is 12.7. The lowest BCUT2D eigenvalue weighted by molar-refractivity contribution is -0.385. The number of hydrogen-bond acceptors (Lipinski definition) is 8. The Morgan fingerprint density at radius 1 is 1.47 bits per heavy atom. The van der Waals surface area contributed by atoms with Gasteiger partial charge in [0.15, 0.2) is 0 Å². The third kappa shape index (κ3) is 2.76. The molecule has 2 aromatic heterocycles. The molecule has 0 unspecified atom stereocenters. The molecule has 9 heteroatoms. The Morgan fingerprint density at radius 2 is 2.26 bits per heavy atom. The fourth-order valence-electron chi connectivity index (χ4n) is 1.52. The Kier molecular flexibility index (Phi) is 3.55. The number of anilines is 2. The van der Waals surface area contributed by atoms with Crippen molar-refractivity contribution in [2.75, 3.05) is 17.7 Å². The SMILES string of the molecule is CNc1nc(C)c([N+](=O)[O-])c(NCc2ccon2)n1. The molecule has 0 amide bonds. The molecule has 0 aliphatic carbocycles. The number of hydrogen-bond donors (Lipinski definition) is 2. The van der Waals surface area contributed by atoms with Crippen molar-refractivity contribution in [1.82, 2.24) is 15.1 Å². The van der Waals surface area contributed by atoms with Crippen LogP contribution in [0.5, 0.6) is 0 Å². The Bertz CT molecular complexity index is 583. The summed E-state index contributed by atoms with van der Waals surface area (Å²) < 4.78 is 4.68. The normalized spacial score (nSPS) is 10.2. The Balaban J connectivity index is 2.30. The summed E-state index contributed by atoms with van der Waals surface area (Å²) in [7, 11) is 1.64. The average Bonchev–Trinajstić information content (AvgIpc) is 2.88. The van der Waals surface area contributed by atoms with Crippen LogP contribution in [-0.2, 0) is 6.54 Å². The van der Waals surface area contributed by atoms with Crippen LogP contribution in [0.3, 0.4) is 0 Å². The van der Waals surface area contributed by atoms with E-state index in [9.17, 15) is 10.1 Å². The zero-order valence-electron chi connectivity index (χ0n) is 10.4. The van der Waals surface area contributed by atoms with E-state index in [0.717, 1.165) is 0 Å². The first-order chi connectivity index (χ1) is 9.11. The molecule has 2 rings (SSSR count). The minimum Gasteiger partial charge on any atom is -0.364 e. The first-order valence-electron chi connectivity index (χ1n) is 5.45. The van der Waals surface area contributed by atoms with Crippen molar-refractivity contribution in [3.8, 4) is 0 Å². The van der Waals surface area contributed by atoms with Crippen LogP contribution in [0.15, 0.2) is 16.9 Å². The smallest absolute Gasteiger partial charge is 0.332 e. The highest BCUT2D eigenvalue weighted by atomic mass is 16.6. The molecular weight excluding hydrogens is 252 g/mol. The second-order valence-corrected chi connectivity index (χ2v) is 3.68. The molecular formula is C10H12N6O3. The quantitative estimate of drug-likeness (QED) is 0.613. The van der Waals surface area contributed by atoms with Crippen molar-refractivity contribution in [3.63, 3.8) is 0 Å². The number of rotatable bonds is 5. The molecule has 0 aliphatic rings. The molecule has 0 fully saturated rings. The van der Waals surface area contributed by atoms with E-state index in [1.165, 1.54) is 6.26 Å². The van der Waals surface area contributed by atoms with Gasteiger partial charge in [0, 0.05) is 13.1 Å². The maximum Gasteiger partial charge on any atom is 0.332 e. The predicted octanol–water partition coefficient (Wildman–Crippen LogP) is 1.34. The fourth-order valence-corrected chi connectivity index (χ4v) is 1.52. The minimum absolute atomic E-state index is 0.143. The number of nitrogens with zero attached hydrogens (tertiary/aromatic N) is 4. The number of nitrogens with one attached hydrogen (secondary N) is 2. The summed E-state index contributed by atoms with van der Waals surface area (Å²) in [4.78, 5) is 18.5. The highest BCUT2D eigenvalue weighted by Gasteiger charge is 2.21. The Labute approximate surface area is 108 Å². The van der Waals surface area contributed by atoms with Crippen molar-refractivity contribution in [2.45, 2.75) is 13.5 Å². The maximum atomic E-state index is 11.0. The van der Waals surface area contributed by atoms with Crippen molar-refractivity contribution in [3.05, 3.63) is 33.8 Å². The maximum absolute atomic E-state index is 11.0. The summed E-state index contributed by atoms with van der Waals surface area (Å²) in [6.07, 6.45) is 1.43. The molecule has 0 saturated carbocycles. The molecule has 0 saturated heterocycles. The zero-order chi connectivity index (χ0) is 13.8. The molecule has 100 valence electrons. The van der Waals surface area contributed by atoms with Crippen molar-refractivity contribution >= 4 is 17.5 Å². The molecule has 0 aliphatic heterocycles. The van der Waals surface area contributed by atoms with Gasteiger partial charge in [-0.15, -0.1) is 0 Å². The zero-order valence-corrected chi connectivity index (χ0v) is 10.4. The van der Waals surface area contributed by atoms with Gasteiger partial charge in [-0.25, -0.2) is 4.98 Å². The lowest BCUT2D eigenvalue weighted by atomic mass is 10.3. The third-order valence-electron chi connectivity index (χ3n) is 2.39. The minimum atomic E-state index is -0.514. The molecule has 0 atom stereocenters. The lowest BCUT2D eigenvalue weighted by Crippen LogP contribution is -2.09. The van der Waals surface area contributed by atoms with Crippen LogP contribution in [0, 0.1) is 17.0 Å². The van der Waals surface area contributed by atoms with Crippen LogP contribution in [0.1, 0.15) is 11.4 Å². The standard InChI is InChI=1S/C10H12N6O3/c1-6-8(16(17)18)9(14-10(11-2)13-6)12-5-7-3-4-19-15-7/h3-4H,5H2,1-2H3,(H2,11,12,13,14). The molecule has 9 nitrogen and oxygen atoms in total. The van der Waals surface area contributed by atoms with Gasteiger partial charge in [-0.3, -0.25) is 10.1 Å². The van der Waals surface area contributed by atoms with Gasteiger partial charge >= 0.3 is 5.69 Å². The Hall–Kier alpha value is -2.71. The van der Waals surface area contributed by atoms with Crippen LogP contribution in [0.4, 0.5) is 17.5 Å². The summed E-state index contributed by atoms with van der Waals surface area (Å²) >= 11 is 0. The number of nitro groups is 1. The molecule has 2 N–H and O–H groups in total. The van der Waals surface area contributed by atoms with E-state index < -0.39 is 4.92 Å². The van der Waals surface area contributed by atoms with Crippen molar-refractivity contribution in [1.29, 1.82) is 0 Å². The first-order valence-corrected chi connectivity index (χ1v) is 5.45. The summed E-state index contributed by atoms with van der Waals surface area (Å²) in [6.45, 7) is 1.83. The van der Waals surface area contributed by atoms with E-state index >= 15 is 0 Å². The van der Waals surface area contributed by atoms with Crippen LogP contribution < -0.4 is 10.6 Å². The van der Waals surface area contributed by atoms with Gasteiger partial charge in [-0.05, 0) is 6.92 Å². The Morgan fingerprint density at radius 3 is 2.84 bits per heavy atom. The molecule has 2 aromatic rings. The number of aromatic nitrogens is 3. The van der Waals surface area contributed by atoms with Gasteiger partial charge in [0.2, 0.25) is 11.8 Å². The van der Waals surface area contributed by atoms with Gasteiger partial charge in [0.05, 0.1) is 11.5 Å². The van der Waals surface area contributed by atoms with E-state index in [2.05, 4.69) is 30.3 Å². The largest absolute Gasteiger partial charge is 0.364 e. The summed E-state index contributed by atoms with van der Waals surface area (Å²) in [6, 6.07) is 1.66. The van der Waals surface area contributed by atoms with Gasteiger partial charge in [0.25, 0.3) is 0 Å². The number of aryl methyl sites for hydroxylation is 1. The highest BCUT2D eigenvalue weighted by molar-refractivity contribution is 5.60. The third-order valence-corrected chi connectivity index (χ3v) is 2.39. The monoisotopic (exact) mass is 264 g/mol. The predicted molar refractivity (Wildman–Crippen MR) is 66.8 cm³/mol. The van der Waals surface area contributed by atoms with E-state index in [1.807, 2.05) is 0 Å². The van der Waals surface area contributed by atoms with Crippen LogP contribution in [0.2, 0.25) is 0 Å². The van der Waals surface area contributed by atoms with Crippen LogP contribution in [0.25, 0.3) is 0 Å². The molecule has 0 radical (unpaired) electrons. The van der Waals surface area contributed by atoms with Gasteiger partial charge in [-0.2, -0.15) is 4.98 Å². The van der Waals surface area contributed by atoms with Gasteiger partial charge in [0.1, 0.15) is 17.7 Å². The fraction of sp³-hybridized carbons (Fsp3) is 0.300. The van der Waals surface area contributed by atoms with E-state index in [4.69, 9.17) is 0 Å². The summed E-state index contributed by atoms with van der Waals surface area (Å²) in [5.74, 6) is 0.454.